The average Bonchev–Trinajstić information content (AvgIpc) is 3.34. The molecule has 1 N–H and O–H groups in total. The van der Waals surface area contributed by atoms with Gasteiger partial charge in [-0.15, -0.1) is 0 Å². The summed E-state index contributed by atoms with van der Waals surface area (Å²) in [5.41, 5.74) is 2.09. The van der Waals surface area contributed by atoms with Crippen LogP contribution >= 0.6 is 23.2 Å². The van der Waals surface area contributed by atoms with Gasteiger partial charge in [0.15, 0.2) is 9.84 Å². The van der Waals surface area contributed by atoms with Crippen LogP contribution in [-0.4, -0.2) is 31.8 Å². The van der Waals surface area contributed by atoms with Crippen molar-refractivity contribution in [3.8, 4) is 6.07 Å². The van der Waals surface area contributed by atoms with Gasteiger partial charge < -0.3 is 10.2 Å². The molecule has 1 saturated heterocycles. The molecule has 0 unspecified atom stereocenters. The third-order valence-electron chi connectivity index (χ3n) is 6.09. The van der Waals surface area contributed by atoms with E-state index in [1.165, 1.54) is 18.2 Å². The Morgan fingerprint density at radius 2 is 1.97 bits per heavy atom. The lowest BCUT2D eigenvalue weighted by molar-refractivity contribution is 0.578. The number of nitrogens with zero attached hydrogens (tertiary/aromatic N) is 2. The van der Waals surface area contributed by atoms with Crippen molar-refractivity contribution in [2.75, 3.05) is 11.4 Å². The minimum absolute atomic E-state index is 0.0863. The van der Waals surface area contributed by atoms with Crippen molar-refractivity contribution in [1.82, 2.24) is 5.32 Å². The zero-order valence-electron chi connectivity index (χ0n) is 17.1. The Morgan fingerprint density at radius 3 is 2.58 bits per heavy atom. The number of hydrogen-bond donors (Lipinski definition) is 1. The van der Waals surface area contributed by atoms with Gasteiger partial charge >= 0.3 is 0 Å². The Kier molecular flexibility index (Phi) is 5.72. The van der Waals surface area contributed by atoms with E-state index in [9.17, 15) is 13.7 Å². The molecule has 1 heterocycles. The smallest absolute Gasteiger partial charge is 0.184 e. The van der Waals surface area contributed by atoms with E-state index >= 15 is 0 Å². The van der Waals surface area contributed by atoms with Crippen LogP contribution in [0.15, 0.2) is 59.6 Å². The average molecular weight is 476 g/mol. The molecule has 0 radical (unpaired) electrons. The Bertz CT molecular complexity index is 1190. The van der Waals surface area contributed by atoms with Crippen molar-refractivity contribution in [3.63, 3.8) is 0 Å². The number of aryl methyl sites for hydroxylation is 1. The lowest BCUT2D eigenvalue weighted by Crippen LogP contribution is -2.40. The molecule has 5 nitrogen and oxygen atoms in total. The number of hydrogen-bond acceptors (Lipinski definition) is 5. The second-order valence-corrected chi connectivity index (χ2v) is 11.3. The summed E-state index contributed by atoms with van der Waals surface area (Å²) in [4.78, 5) is 2.16. The number of para-hydroxylation sites is 1. The Labute approximate surface area is 193 Å². The molecule has 1 aliphatic carbocycles. The van der Waals surface area contributed by atoms with Gasteiger partial charge in [-0.3, -0.25) is 0 Å². The molecule has 0 amide bonds. The maximum absolute atomic E-state index is 13.5. The molecule has 4 rings (SSSR count). The Hall–Kier alpha value is -2.20. The maximum atomic E-state index is 13.5. The molecule has 0 bridgehead atoms. The number of nitrogens with one attached hydrogen (secondary N) is 1. The summed E-state index contributed by atoms with van der Waals surface area (Å²) in [5, 5.41) is 12.6. The van der Waals surface area contributed by atoms with Crippen LogP contribution in [0.2, 0.25) is 10.0 Å². The molecule has 162 valence electrons. The number of sulfone groups is 1. The maximum Gasteiger partial charge on any atom is 0.184 e. The van der Waals surface area contributed by atoms with E-state index in [0.717, 1.165) is 24.1 Å². The van der Waals surface area contributed by atoms with Crippen LogP contribution in [0.3, 0.4) is 0 Å². The molecule has 8 heteroatoms. The van der Waals surface area contributed by atoms with Gasteiger partial charge in [0.2, 0.25) is 0 Å². The van der Waals surface area contributed by atoms with Crippen molar-refractivity contribution in [2.45, 2.75) is 47.9 Å². The van der Waals surface area contributed by atoms with Crippen LogP contribution in [0.5, 0.6) is 0 Å². The molecule has 1 saturated carbocycles. The number of halogens is 2. The Morgan fingerprint density at radius 1 is 1.26 bits per heavy atom. The molecule has 2 aromatic carbocycles. The van der Waals surface area contributed by atoms with Gasteiger partial charge in [0.05, 0.1) is 27.3 Å². The minimum Gasteiger partial charge on any atom is -0.369 e. The van der Waals surface area contributed by atoms with Gasteiger partial charge in [-0.1, -0.05) is 48.0 Å². The van der Waals surface area contributed by atoms with Crippen molar-refractivity contribution in [1.29, 1.82) is 5.26 Å². The molecule has 0 aromatic heterocycles. The zero-order valence-corrected chi connectivity index (χ0v) is 19.4. The molecule has 0 spiro atoms. The summed E-state index contributed by atoms with van der Waals surface area (Å²) >= 11 is 12.2. The first kappa shape index (κ1) is 22.0. The highest BCUT2D eigenvalue weighted by atomic mass is 35.5. The molecule has 1 aliphatic heterocycles. The van der Waals surface area contributed by atoms with Crippen molar-refractivity contribution < 1.29 is 8.42 Å². The van der Waals surface area contributed by atoms with Gasteiger partial charge in [0.1, 0.15) is 5.54 Å². The quantitative estimate of drug-likeness (QED) is 0.643. The minimum atomic E-state index is -3.71. The highest BCUT2D eigenvalue weighted by Crippen LogP contribution is 2.40. The summed E-state index contributed by atoms with van der Waals surface area (Å²) in [6.45, 7) is 6.49. The summed E-state index contributed by atoms with van der Waals surface area (Å²) in [5.74, 6) is 0. The fourth-order valence-corrected chi connectivity index (χ4v) is 6.64. The predicted molar refractivity (Wildman–Crippen MR) is 124 cm³/mol. The van der Waals surface area contributed by atoms with Crippen LogP contribution in [0.1, 0.15) is 24.8 Å². The molecule has 2 fully saturated rings. The second kappa shape index (κ2) is 8.05. The fourth-order valence-electron chi connectivity index (χ4n) is 4.17. The summed E-state index contributed by atoms with van der Waals surface area (Å²) in [6.07, 6.45) is 1.88. The molecular formula is C23H23Cl2N3O2S. The topological polar surface area (TPSA) is 73.2 Å². The monoisotopic (exact) mass is 475 g/mol. The summed E-state index contributed by atoms with van der Waals surface area (Å²) in [7, 11) is -3.71. The van der Waals surface area contributed by atoms with Gasteiger partial charge in [-0.25, -0.2) is 8.42 Å². The van der Waals surface area contributed by atoms with Crippen molar-refractivity contribution in [3.05, 3.63) is 70.3 Å². The fraction of sp³-hybridized carbons (Fsp3) is 0.348. The third kappa shape index (κ3) is 4.15. The molecule has 2 atom stereocenters. The first-order chi connectivity index (χ1) is 14.7. The van der Waals surface area contributed by atoms with Crippen LogP contribution in [0.4, 0.5) is 5.69 Å². The van der Waals surface area contributed by atoms with Crippen molar-refractivity contribution >= 4 is 38.7 Å². The Balaban J connectivity index is 1.69. The largest absolute Gasteiger partial charge is 0.369 e. The molecule has 2 aliphatic rings. The number of anilines is 1. The van der Waals surface area contributed by atoms with E-state index in [2.05, 4.69) is 22.9 Å². The molecule has 2 aromatic rings. The third-order valence-corrected chi connectivity index (χ3v) is 8.94. The van der Waals surface area contributed by atoms with E-state index in [4.69, 9.17) is 23.2 Å². The first-order valence-electron chi connectivity index (χ1n) is 10.1. The van der Waals surface area contributed by atoms with E-state index in [0.29, 0.717) is 23.7 Å². The lowest BCUT2D eigenvalue weighted by atomic mass is 10.1. The predicted octanol–water partition coefficient (Wildman–Crippen LogP) is 4.88. The van der Waals surface area contributed by atoms with Crippen LogP contribution in [0, 0.1) is 18.3 Å². The van der Waals surface area contributed by atoms with Crippen LogP contribution < -0.4 is 10.2 Å². The van der Waals surface area contributed by atoms with Gasteiger partial charge in [0.25, 0.3) is 0 Å². The number of nitriles is 1. The second-order valence-electron chi connectivity index (χ2n) is 8.28. The van der Waals surface area contributed by atoms with Crippen LogP contribution in [0.25, 0.3) is 0 Å². The first-order valence-corrected chi connectivity index (χ1v) is 12.4. The number of rotatable bonds is 6. The zero-order chi connectivity index (χ0) is 22.4. The number of benzene rings is 2. The van der Waals surface area contributed by atoms with Gasteiger partial charge in [-0.2, -0.15) is 5.26 Å². The van der Waals surface area contributed by atoms with E-state index < -0.39 is 20.6 Å². The van der Waals surface area contributed by atoms with Crippen LogP contribution in [-0.2, 0) is 9.84 Å². The van der Waals surface area contributed by atoms with E-state index in [1.807, 2.05) is 31.2 Å². The van der Waals surface area contributed by atoms with E-state index in [1.54, 1.807) is 0 Å². The SMILES string of the molecule is C=C(NC1(C#N)CC1)[C@@H]1C[C@@H](S(=O)(=O)c2ccc(Cl)cc2Cl)CN1c1ccccc1C. The molecular weight excluding hydrogens is 453 g/mol. The standard InChI is InChI=1S/C23H23Cl2N3O2S/c1-15-5-3-4-6-20(15)28-13-18(12-21(28)16(2)27-23(14-26)9-10-23)31(29,30)22-8-7-17(24)11-19(22)25/h3-8,11,18,21,27H,2,9-10,12-13H2,1H3/t18-,21+/m1/s1. The summed E-state index contributed by atoms with van der Waals surface area (Å²) < 4.78 is 27.0. The summed E-state index contributed by atoms with van der Waals surface area (Å²) in [6, 6.07) is 14.4. The highest BCUT2D eigenvalue weighted by molar-refractivity contribution is 7.92. The normalized spacial score (nSPS) is 22.1. The lowest BCUT2D eigenvalue weighted by Gasteiger charge is -2.31. The van der Waals surface area contributed by atoms with Gasteiger partial charge in [0, 0.05) is 23.0 Å². The highest BCUT2D eigenvalue weighted by Gasteiger charge is 2.47. The van der Waals surface area contributed by atoms with Crippen molar-refractivity contribution in [2.24, 2.45) is 0 Å². The molecule has 31 heavy (non-hydrogen) atoms. The van der Waals surface area contributed by atoms with Gasteiger partial charge in [-0.05, 0) is 56.0 Å². The van der Waals surface area contributed by atoms with E-state index in [-0.39, 0.29) is 16.0 Å².